The van der Waals surface area contributed by atoms with Gasteiger partial charge in [-0.05, 0) is 6.07 Å². The lowest BCUT2D eigenvalue weighted by Crippen LogP contribution is -2.13. The molecule has 2 rings (SSSR count). The van der Waals surface area contributed by atoms with Crippen LogP contribution in [0.3, 0.4) is 0 Å². The number of aliphatic hydroxyl groups is 2. The van der Waals surface area contributed by atoms with Gasteiger partial charge in [-0.3, -0.25) is 4.98 Å². The van der Waals surface area contributed by atoms with Gasteiger partial charge in [-0.25, -0.2) is 0 Å². The third kappa shape index (κ3) is 5.85. The van der Waals surface area contributed by atoms with Crippen molar-refractivity contribution < 1.29 is 24.4 Å². The maximum atomic E-state index is 10.3. The number of aliphatic hydroxyl groups excluding tert-OH is 2. The van der Waals surface area contributed by atoms with E-state index < -0.39 is 6.10 Å². The summed E-state index contributed by atoms with van der Waals surface area (Å²) in [6, 6.07) is 9.56. The van der Waals surface area contributed by atoms with Crippen LogP contribution in [0.15, 0.2) is 36.5 Å². The molecule has 6 heteroatoms. The second kappa shape index (κ2) is 10.3. The minimum atomic E-state index is -0.721. The summed E-state index contributed by atoms with van der Waals surface area (Å²) < 4.78 is 15.8. The molecular weight excluding hydrogens is 298 g/mol. The number of nitrogens with zero attached hydrogens (tertiary/aromatic N) is 1. The van der Waals surface area contributed by atoms with Gasteiger partial charge in [-0.15, -0.1) is 0 Å². The average molecular weight is 321 g/mol. The van der Waals surface area contributed by atoms with Crippen LogP contribution in [0.5, 0.6) is 0 Å². The van der Waals surface area contributed by atoms with Crippen molar-refractivity contribution in [1.82, 2.24) is 4.98 Å². The lowest BCUT2D eigenvalue weighted by atomic mass is 10.1. The van der Waals surface area contributed by atoms with Gasteiger partial charge >= 0.3 is 0 Å². The Bertz CT molecular complexity index is 572. The van der Waals surface area contributed by atoms with E-state index in [2.05, 4.69) is 4.98 Å². The molecule has 0 radical (unpaired) electrons. The highest BCUT2D eigenvalue weighted by molar-refractivity contribution is 5.81. The summed E-state index contributed by atoms with van der Waals surface area (Å²) in [5.41, 5.74) is 1.56. The van der Waals surface area contributed by atoms with E-state index in [-0.39, 0.29) is 13.2 Å². The normalized spacial score (nSPS) is 12.6. The van der Waals surface area contributed by atoms with Crippen molar-refractivity contribution in [3.63, 3.8) is 0 Å². The first kappa shape index (κ1) is 17.8. The van der Waals surface area contributed by atoms with Crippen LogP contribution < -0.4 is 0 Å². The molecule has 0 aliphatic carbocycles. The van der Waals surface area contributed by atoms with Crippen molar-refractivity contribution in [2.45, 2.75) is 6.10 Å². The van der Waals surface area contributed by atoms with E-state index in [0.717, 1.165) is 16.5 Å². The molecule has 1 aromatic carbocycles. The van der Waals surface area contributed by atoms with Crippen molar-refractivity contribution in [3.05, 3.63) is 42.1 Å². The SMILES string of the molecule is OCCOCCOCCOCC(O)c1cccc2cccnc12. The highest BCUT2D eigenvalue weighted by atomic mass is 16.5. The van der Waals surface area contributed by atoms with E-state index in [1.807, 2.05) is 30.3 Å². The first-order chi connectivity index (χ1) is 11.3. The van der Waals surface area contributed by atoms with Crippen molar-refractivity contribution in [2.75, 3.05) is 46.2 Å². The van der Waals surface area contributed by atoms with E-state index in [0.29, 0.717) is 33.0 Å². The van der Waals surface area contributed by atoms with Crippen molar-refractivity contribution >= 4 is 10.9 Å². The third-order valence-corrected chi connectivity index (χ3v) is 3.28. The molecule has 2 N–H and O–H groups in total. The zero-order valence-corrected chi connectivity index (χ0v) is 13.1. The zero-order valence-electron chi connectivity index (χ0n) is 13.1. The Morgan fingerprint density at radius 1 is 0.913 bits per heavy atom. The van der Waals surface area contributed by atoms with Gasteiger partial charge < -0.3 is 24.4 Å². The highest BCUT2D eigenvalue weighted by Gasteiger charge is 2.12. The Morgan fingerprint density at radius 3 is 2.39 bits per heavy atom. The molecule has 0 aliphatic heterocycles. The fourth-order valence-corrected chi connectivity index (χ4v) is 2.19. The average Bonchev–Trinajstić information content (AvgIpc) is 2.59. The van der Waals surface area contributed by atoms with Crippen molar-refractivity contribution in [3.8, 4) is 0 Å². The lowest BCUT2D eigenvalue weighted by molar-refractivity contribution is -0.0128. The quantitative estimate of drug-likeness (QED) is 0.607. The number of hydrogen-bond donors (Lipinski definition) is 2. The summed E-state index contributed by atoms with van der Waals surface area (Å²) in [4.78, 5) is 4.32. The molecule has 6 nitrogen and oxygen atoms in total. The highest BCUT2D eigenvalue weighted by Crippen LogP contribution is 2.22. The van der Waals surface area contributed by atoms with Crippen molar-refractivity contribution in [1.29, 1.82) is 0 Å². The molecule has 1 heterocycles. The zero-order chi connectivity index (χ0) is 16.3. The molecular formula is C17H23NO5. The Hall–Kier alpha value is -1.57. The number of hydrogen-bond acceptors (Lipinski definition) is 6. The van der Waals surface area contributed by atoms with Gasteiger partial charge in [0.1, 0.15) is 6.10 Å². The molecule has 0 spiro atoms. The number of fused-ring (bicyclic) bond motifs is 1. The molecule has 1 aromatic heterocycles. The Balaban J connectivity index is 1.68. The Morgan fingerprint density at radius 2 is 1.61 bits per heavy atom. The molecule has 23 heavy (non-hydrogen) atoms. The van der Waals surface area contributed by atoms with E-state index in [4.69, 9.17) is 19.3 Å². The van der Waals surface area contributed by atoms with Gasteiger partial charge in [0.2, 0.25) is 0 Å². The molecule has 0 fully saturated rings. The number of benzene rings is 1. The van der Waals surface area contributed by atoms with Gasteiger partial charge in [-0.1, -0.05) is 24.3 Å². The molecule has 0 saturated carbocycles. The first-order valence-electron chi connectivity index (χ1n) is 7.68. The molecule has 0 aliphatic rings. The van der Waals surface area contributed by atoms with Crippen molar-refractivity contribution in [2.24, 2.45) is 0 Å². The smallest absolute Gasteiger partial charge is 0.104 e. The predicted octanol–water partition coefficient (Wildman–Crippen LogP) is 1.31. The first-order valence-corrected chi connectivity index (χ1v) is 7.68. The molecule has 1 unspecified atom stereocenters. The van der Waals surface area contributed by atoms with Gasteiger partial charge in [0, 0.05) is 17.1 Å². The summed E-state index contributed by atoms with van der Waals surface area (Å²) in [5.74, 6) is 0. The molecule has 126 valence electrons. The fourth-order valence-electron chi connectivity index (χ4n) is 2.19. The summed E-state index contributed by atoms with van der Waals surface area (Å²) in [6.07, 6.45) is 0.994. The van der Waals surface area contributed by atoms with Crippen LogP contribution in [-0.2, 0) is 14.2 Å². The monoisotopic (exact) mass is 321 g/mol. The van der Waals surface area contributed by atoms with Gasteiger partial charge in [0.05, 0.1) is 51.8 Å². The van der Waals surface area contributed by atoms with Gasteiger partial charge in [0.25, 0.3) is 0 Å². The van der Waals surface area contributed by atoms with Crippen LogP contribution in [0.4, 0.5) is 0 Å². The molecule has 1 atom stereocenters. The van der Waals surface area contributed by atoms with Crippen LogP contribution in [0.1, 0.15) is 11.7 Å². The standard InChI is InChI=1S/C17H23NO5/c19-7-8-21-9-10-22-11-12-23-13-16(20)15-5-1-3-14-4-2-6-18-17(14)15/h1-6,16,19-20H,7-13H2. The summed E-state index contributed by atoms with van der Waals surface area (Å²) in [7, 11) is 0. The number of aromatic nitrogens is 1. The largest absolute Gasteiger partial charge is 0.394 e. The van der Waals surface area contributed by atoms with Crippen LogP contribution in [0, 0.1) is 0 Å². The van der Waals surface area contributed by atoms with Crippen LogP contribution in [0.2, 0.25) is 0 Å². The van der Waals surface area contributed by atoms with E-state index in [1.54, 1.807) is 6.20 Å². The van der Waals surface area contributed by atoms with Gasteiger partial charge in [-0.2, -0.15) is 0 Å². The fraction of sp³-hybridized carbons (Fsp3) is 0.471. The van der Waals surface area contributed by atoms with Crippen LogP contribution in [0.25, 0.3) is 10.9 Å². The topological polar surface area (TPSA) is 81.0 Å². The third-order valence-electron chi connectivity index (χ3n) is 3.28. The predicted molar refractivity (Wildman–Crippen MR) is 86.2 cm³/mol. The maximum Gasteiger partial charge on any atom is 0.104 e. The molecule has 0 saturated heterocycles. The van der Waals surface area contributed by atoms with Crippen LogP contribution >= 0.6 is 0 Å². The second-order valence-electron chi connectivity index (χ2n) is 4.96. The summed E-state index contributed by atoms with van der Waals surface area (Å²) in [5, 5.41) is 19.8. The minimum absolute atomic E-state index is 0.0179. The Labute approximate surface area is 135 Å². The Kier molecular flexibility index (Phi) is 7.92. The molecule has 2 aromatic rings. The summed E-state index contributed by atoms with van der Waals surface area (Å²) in [6.45, 7) is 2.28. The van der Waals surface area contributed by atoms with E-state index in [1.165, 1.54) is 0 Å². The number of para-hydroxylation sites is 1. The molecule has 0 bridgehead atoms. The minimum Gasteiger partial charge on any atom is -0.394 e. The lowest BCUT2D eigenvalue weighted by Gasteiger charge is -2.13. The second-order valence-corrected chi connectivity index (χ2v) is 4.96. The number of pyridine rings is 1. The van der Waals surface area contributed by atoms with Gasteiger partial charge in [0.15, 0.2) is 0 Å². The summed E-state index contributed by atoms with van der Waals surface area (Å²) >= 11 is 0. The van der Waals surface area contributed by atoms with E-state index in [9.17, 15) is 5.11 Å². The number of ether oxygens (including phenoxy) is 3. The maximum absolute atomic E-state index is 10.3. The molecule has 0 amide bonds. The van der Waals surface area contributed by atoms with Crippen LogP contribution in [-0.4, -0.2) is 61.4 Å². The van der Waals surface area contributed by atoms with E-state index >= 15 is 0 Å². The number of rotatable bonds is 11.